The van der Waals surface area contributed by atoms with Crippen LogP contribution in [0.25, 0.3) is 12.2 Å². The number of aliphatic hydroxyl groups excluding tert-OH is 1. The molecule has 1 aliphatic heterocycles. The van der Waals surface area contributed by atoms with E-state index < -0.39 is 24.1 Å². The van der Waals surface area contributed by atoms with Crippen molar-refractivity contribution in [2.24, 2.45) is 0 Å². The Kier molecular flexibility index (Phi) is 7.27. The molecule has 0 saturated carbocycles. The molecule has 3 heterocycles. The van der Waals surface area contributed by atoms with Crippen LogP contribution in [0.2, 0.25) is 0 Å². The highest BCUT2D eigenvalue weighted by molar-refractivity contribution is 6.24. The summed E-state index contributed by atoms with van der Waals surface area (Å²) in [6, 6.07) is 12.3. The maximum atomic E-state index is 13.4. The molecule has 3 atom stereocenters. The standard InChI is InChI=1S/C29H27ClFN5O4/c30-19-3-10-26-25(15-19)24-11-14-35(29(38)40-23-8-4-20(31)5-9-23)28(27(24)34-26)18-1-6-22(7-2-18)39-17-21(37)16-36-32-12-13-33-36/h1-2,4-10,12-13,15,19,21,28,34,37H,3,11,14,16-17H2. The van der Waals surface area contributed by atoms with Gasteiger partial charge in [-0.25, -0.2) is 9.18 Å². The molecule has 1 aliphatic carbocycles. The van der Waals surface area contributed by atoms with Gasteiger partial charge in [-0.1, -0.05) is 24.3 Å². The van der Waals surface area contributed by atoms with Crippen molar-refractivity contribution in [3.63, 3.8) is 0 Å². The minimum absolute atomic E-state index is 0.0686. The molecule has 206 valence electrons. The molecule has 0 spiro atoms. The number of ether oxygens (including phenoxy) is 2. The second kappa shape index (κ2) is 11.1. The van der Waals surface area contributed by atoms with Crippen LogP contribution in [0.4, 0.5) is 9.18 Å². The lowest BCUT2D eigenvalue weighted by molar-refractivity contribution is 0.0854. The summed E-state index contributed by atoms with van der Waals surface area (Å²) in [5.74, 6) is 0.432. The van der Waals surface area contributed by atoms with Crippen molar-refractivity contribution in [1.29, 1.82) is 0 Å². The molecular weight excluding hydrogens is 537 g/mol. The van der Waals surface area contributed by atoms with Crippen molar-refractivity contribution >= 4 is 29.8 Å². The number of aromatic nitrogens is 4. The summed E-state index contributed by atoms with van der Waals surface area (Å²) in [6.07, 6.45) is 7.29. The normalized spacial score (nSPS) is 18.6. The Morgan fingerprint density at radius 2 is 1.85 bits per heavy atom. The third-order valence-corrected chi connectivity index (χ3v) is 7.33. The lowest BCUT2D eigenvalue weighted by atomic mass is 9.92. The molecule has 0 radical (unpaired) electrons. The fourth-order valence-electron chi connectivity index (χ4n) is 5.17. The van der Waals surface area contributed by atoms with Crippen LogP contribution in [0, 0.1) is 5.82 Å². The Morgan fingerprint density at radius 3 is 2.60 bits per heavy atom. The molecule has 2 N–H and O–H groups in total. The summed E-state index contributed by atoms with van der Waals surface area (Å²) >= 11 is 6.43. The van der Waals surface area contributed by atoms with Gasteiger partial charge in [-0.3, -0.25) is 4.90 Å². The second-order valence-electron chi connectivity index (χ2n) is 9.75. The Labute approximate surface area is 234 Å². The molecular formula is C29H27ClFN5O4. The molecule has 3 unspecified atom stereocenters. The summed E-state index contributed by atoms with van der Waals surface area (Å²) in [7, 11) is 0. The van der Waals surface area contributed by atoms with Crippen LogP contribution in [-0.4, -0.2) is 60.7 Å². The van der Waals surface area contributed by atoms with E-state index in [-0.39, 0.29) is 24.3 Å². The van der Waals surface area contributed by atoms with Gasteiger partial charge in [0.15, 0.2) is 0 Å². The summed E-state index contributed by atoms with van der Waals surface area (Å²) in [4.78, 5) is 20.0. The molecule has 1 amide bonds. The fraction of sp³-hybridized carbons (Fsp3) is 0.276. The average Bonchev–Trinajstić information content (AvgIpc) is 3.60. The SMILES string of the molecule is O=C(Oc1ccc(F)cc1)N1CCc2c([nH]c3c2=CC(Cl)CC=3)C1c1ccc(OCC(O)Cn2nccn2)cc1. The van der Waals surface area contributed by atoms with E-state index in [1.165, 1.54) is 29.1 Å². The number of aromatic amines is 1. The number of carbonyl (C=O) groups is 1. The number of hydrogen-bond donors (Lipinski definition) is 2. The van der Waals surface area contributed by atoms with Crippen LogP contribution in [0.3, 0.4) is 0 Å². The Hall–Kier alpha value is -4.15. The lowest BCUT2D eigenvalue weighted by Gasteiger charge is -2.35. The highest BCUT2D eigenvalue weighted by Gasteiger charge is 2.35. The fourth-order valence-corrected chi connectivity index (χ4v) is 5.38. The number of benzene rings is 2. The lowest BCUT2D eigenvalue weighted by Crippen LogP contribution is -2.43. The number of H-pyrrole nitrogens is 1. The largest absolute Gasteiger partial charge is 0.491 e. The van der Waals surface area contributed by atoms with Gasteiger partial charge < -0.3 is 19.6 Å². The van der Waals surface area contributed by atoms with Crippen LogP contribution in [-0.2, 0) is 13.0 Å². The summed E-state index contributed by atoms with van der Waals surface area (Å²) in [5, 5.41) is 20.2. The zero-order valence-corrected chi connectivity index (χ0v) is 22.2. The van der Waals surface area contributed by atoms with Gasteiger partial charge in [-0.2, -0.15) is 15.0 Å². The van der Waals surface area contributed by atoms with E-state index in [9.17, 15) is 14.3 Å². The predicted octanol–water partition coefficient (Wildman–Crippen LogP) is 2.90. The maximum Gasteiger partial charge on any atom is 0.416 e. The van der Waals surface area contributed by atoms with Crippen LogP contribution >= 0.6 is 11.6 Å². The van der Waals surface area contributed by atoms with Crippen molar-refractivity contribution < 1.29 is 23.8 Å². The number of nitrogens with one attached hydrogen (secondary N) is 1. The quantitative estimate of drug-likeness (QED) is 0.335. The van der Waals surface area contributed by atoms with Crippen molar-refractivity contribution in [3.05, 3.63) is 94.1 Å². The molecule has 6 rings (SSSR count). The summed E-state index contributed by atoms with van der Waals surface area (Å²) in [6.45, 7) is 0.712. The van der Waals surface area contributed by atoms with Crippen LogP contribution < -0.4 is 20.0 Å². The number of carbonyl (C=O) groups excluding carboxylic acids is 1. The van der Waals surface area contributed by atoms with Crippen molar-refractivity contribution in [1.82, 2.24) is 24.9 Å². The average molecular weight is 564 g/mol. The van der Waals surface area contributed by atoms with Gasteiger partial charge in [-0.05, 0) is 60.4 Å². The van der Waals surface area contributed by atoms with Crippen LogP contribution in [0.1, 0.15) is 29.3 Å². The van der Waals surface area contributed by atoms with E-state index in [0.717, 1.165) is 33.8 Å². The van der Waals surface area contributed by atoms with E-state index in [1.807, 2.05) is 24.3 Å². The first-order valence-corrected chi connectivity index (χ1v) is 13.4. The first-order valence-electron chi connectivity index (χ1n) is 13.0. The highest BCUT2D eigenvalue weighted by atomic mass is 35.5. The van der Waals surface area contributed by atoms with Gasteiger partial charge in [0.05, 0.1) is 24.3 Å². The van der Waals surface area contributed by atoms with Crippen LogP contribution in [0.15, 0.2) is 60.9 Å². The smallest absolute Gasteiger partial charge is 0.416 e. The number of alkyl halides is 1. The number of hydrogen-bond acceptors (Lipinski definition) is 6. The van der Waals surface area contributed by atoms with Gasteiger partial charge in [0, 0.05) is 22.8 Å². The minimum Gasteiger partial charge on any atom is -0.491 e. The van der Waals surface area contributed by atoms with E-state index in [1.54, 1.807) is 17.3 Å². The zero-order valence-electron chi connectivity index (χ0n) is 21.4. The highest BCUT2D eigenvalue weighted by Crippen LogP contribution is 2.34. The van der Waals surface area contributed by atoms with Gasteiger partial charge in [0.2, 0.25) is 0 Å². The molecule has 0 fully saturated rings. The number of aliphatic hydroxyl groups is 1. The Morgan fingerprint density at radius 1 is 1.12 bits per heavy atom. The molecule has 40 heavy (non-hydrogen) atoms. The third-order valence-electron chi connectivity index (χ3n) is 7.02. The number of rotatable bonds is 7. The summed E-state index contributed by atoms with van der Waals surface area (Å²) < 4.78 is 24.8. The Bertz CT molecular complexity index is 1610. The molecule has 2 aromatic heterocycles. The molecule has 2 aliphatic rings. The molecule has 9 nitrogen and oxygen atoms in total. The monoisotopic (exact) mass is 563 g/mol. The van der Waals surface area contributed by atoms with Crippen LogP contribution in [0.5, 0.6) is 11.5 Å². The predicted molar refractivity (Wildman–Crippen MR) is 146 cm³/mol. The minimum atomic E-state index is -0.784. The Balaban J connectivity index is 1.27. The zero-order chi connectivity index (χ0) is 27.6. The van der Waals surface area contributed by atoms with Crippen molar-refractivity contribution in [2.45, 2.75) is 36.9 Å². The van der Waals surface area contributed by atoms with E-state index >= 15 is 0 Å². The van der Waals surface area contributed by atoms with Gasteiger partial charge in [-0.15, -0.1) is 11.6 Å². The molecule has 2 aromatic carbocycles. The topological polar surface area (TPSA) is 106 Å². The number of fused-ring (bicyclic) bond motifs is 3. The number of amides is 1. The molecule has 4 aromatic rings. The van der Waals surface area contributed by atoms with Gasteiger partial charge >= 0.3 is 6.09 Å². The van der Waals surface area contributed by atoms with E-state index in [0.29, 0.717) is 18.7 Å². The van der Waals surface area contributed by atoms with E-state index in [4.69, 9.17) is 21.1 Å². The second-order valence-corrected chi connectivity index (χ2v) is 10.3. The molecule has 0 saturated heterocycles. The molecule has 0 bridgehead atoms. The van der Waals surface area contributed by atoms with Crippen molar-refractivity contribution in [2.75, 3.05) is 13.2 Å². The van der Waals surface area contributed by atoms with Gasteiger partial charge in [0.25, 0.3) is 0 Å². The number of nitrogens with zero attached hydrogens (tertiary/aromatic N) is 4. The summed E-state index contributed by atoms with van der Waals surface area (Å²) in [5.41, 5.74) is 2.89. The first kappa shape index (κ1) is 26.1. The third kappa shape index (κ3) is 5.45. The number of halogens is 2. The first-order chi connectivity index (χ1) is 19.4. The van der Waals surface area contributed by atoms with E-state index in [2.05, 4.69) is 27.3 Å². The van der Waals surface area contributed by atoms with Gasteiger partial charge in [0.1, 0.15) is 36.1 Å². The maximum absolute atomic E-state index is 13.4. The van der Waals surface area contributed by atoms with Crippen molar-refractivity contribution in [3.8, 4) is 11.5 Å². The molecule has 11 heteroatoms.